The molecule has 0 aliphatic carbocycles. The average molecular weight is 202 g/mol. The van der Waals surface area contributed by atoms with Crippen LogP contribution in [0.5, 0.6) is 5.75 Å². The molecule has 0 spiro atoms. The van der Waals surface area contributed by atoms with E-state index in [-0.39, 0.29) is 0 Å². The van der Waals surface area contributed by atoms with Crippen LogP contribution in [-0.2, 0) is 0 Å². The third kappa shape index (κ3) is 2.40. The van der Waals surface area contributed by atoms with Gasteiger partial charge in [-0.3, -0.25) is 0 Å². The van der Waals surface area contributed by atoms with Crippen molar-refractivity contribution in [2.45, 2.75) is 0 Å². The summed E-state index contributed by atoms with van der Waals surface area (Å²) in [5, 5.41) is 7.92. The van der Waals surface area contributed by atoms with Crippen LogP contribution in [0.15, 0.2) is 42.0 Å². The van der Waals surface area contributed by atoms with Crippen molar-refractivity contribution in [3.8, 4) is 5.75 Å². The van der Waals surface area contributed by atoms with E-state index in [4.69, 9.17) is 4.74 Å². The van der Waals surface area contributed by atoms with E-state index in [2.05, 4.69) is 15.2 Å². The Labute approximate surface area is 87.0 Å². The van der Waals surface area contributed by atoms with E-state index in [9.17, 15) is 0 Å². The first-order valence-corrected chi connectivity index (χ1v) is 4.41. The van der Waals surface area contributed by atoms with Crippen molar-refractivity contribution in [1.29, 1.82) is 0 Å². The predicted molar refractivity (Wildman–Crippen MR) is 56.0 cm³/mol. The number of aromatic nitrogens is 3. The van der Waals surface area contributed by atoms with Crippen molar-refractivity contribution in [2.75, 3.05) is 7.11 Å². The summed E-state index contributed by atoms with van der Waals surface area (Å²) in [5.74, 6) is 0.827. The van der Waals surface area contributed by atoms with Gasteiger partial charge in [0.2, 0.25) is 0 Å². The van der Waals surface area contributed by atoms with Crippen LogP contribution in [0, 0.1) is 0 Å². The second-order valence-corrected chi connectivity index (χ2v) is 2.83. The molecule has 15 heavy (non-hydrogen) atoms. The van der Waals surface area contributed by atoms with Crippen molar-refractivity contribution in [1.82, 2.24) is 14.9 Å². The molecule has 0 aliphatic rings. The molecule has 0 saturated carbocycles. The van der Waals surface area contributed by atoms with Crippen LogP contribution in [0.3, 0.4) is 0 Å². The lowest BCUT2D eigenvalue weighted by atomic mass is 10.2. The van der Waals surface area contributed by atoms with Crippen LogP contribution in [0.2, 0.25) is 0 Å². The van der Waals surface area contributed by atoms with E-state index in [1.165, 1.54) is 17.4 Å². The van der Waals surface area contributed by atoms with Crippen LogP contribution in [-0.4, -0.2) is 28.2 Å². The minimum absolute atomic E-state index is 0.827. The lowest BCUT2D eigenvalue weighted by Gasteiger charge is -1.98. The molecule has 5 nitrogen and oxygen atoms in total. The van der Waals surface area contributed by atoms with Gasteiger partial charge in [0.05, 0.1) is 13.3 Å². The zero-order chi connectivity index (χ0) is 10.5. The van der Waals surface area contributed by atoms with Crippen molar-refractivity contribution >= 4 is 6.21 Å². The van der Waals surface area contributed by atoms with Gasteiger partial charge in [-0.1, -0.05) is 0 Å². The molecular weight excluding hydrogens is 192 g/mol. The molecule has 0 aliphatic heterocycles. The van der Waals surface area contributed by atoms with Gasteiger partial charge in [0.15, 0.2) is 0 Å². The van der Waals surface area contributed by atoms with Gasteiger partial charge in [0.25, 0.3) is 0 Å². The molecule has 0 bridgehead atoms. The largest absolute Gasteiger partial charge is 0.497 e. The number of ether oxygens (including phenoxy) is 1. The van der Waals surface area contributed by atoms with Crippen molar-refractivity contribution in [3.05, 3.63) is 42.5 Å². The fraction of sp³-hybridized carbons (Fsp3) is 0.100. The zero-order valence-electron chi connectivity index (χ0n) is 8.24. The van der Waals surface area contributed by atoms with Gasteiger partial charge >= 0.3 is 0 Å². The Balaban J connectivity index is 2.11. The molecule has 1 heterocycles. The Morgan fingerprint density at radius 1 is 1.33 bits per heavy atom. The first kappa shape index (κ1) is 9.39. The SMILES string of the molecule is COc1ccc(/C=N/n2cncn2)cc1. The van der Waals surface area contributed by atoms with Crippen molar-refractivity contribution in [2.24, 2.45) is 5.10 Å². The summed E-state index contributed by atoms with van der Waals surface area (Å²) in [6.07, 6.45) is 4.67. The third-order valence-corrected chi connectivity index (χ3v) is 1.85. The standard InChI is InChI=1S/C10H10N4O/c1-15-10-4-2-9(3-5-10)6-12-14-8-11-7-13-14/h2-8H,1H3/b12-6+. The minimum atomic E-state index is 0.827. The van der Waals surface area contributed by atoms with Crippen molar-refractivity contribution < 1.29 is 4.74 Å². The maximum atomic E-state index is 5.05. The molecule has 1 aromatic carbocycles. The molecule has 2 aromatic rings. The highest BCUT2D eigenvalue weighted by atomic mass is 16.5. The molecule has 76 valence electrons. The van der Waals surface area contributed by atoms with Crippen LogP contribution in [0.25, 0.3) is 0 Å². The summed E-state index contributed by atoms with van der Waals surface area (Å²) in [4.78, 5) is 5.17. The van der Waals surface area contributed by atoms with E-state index >= 15 is 0 Å². The molecule has 5 heteroatoms. The summed E-state index contributed by atoms with van der Waals surface area (Å²) in [7, 11) is 1.64. The minimum Gasteiger partial charge on any atom is -0.497 e. The highest BCUT2D eigenvalue weighted by Crippen LogP contribution is 2.09. The Morgan fingerprint density at radius 3 is 2.73 bits per heavy atom. The molecule has 0 amide bonds. The van der Waals surface area contributed by atoms with Gasteiger partial charge in [-0.05, 0) is 29.8 Å². The van der Waals surface area contributed by atoms with Gasteiger partial charge in [0.1, 0.15) is 18.4 Å². The van der Waals surface area contributed by atoms with Gasteiger partial charge in [-0.2, -0.15) is 5.10 Å². The molecule has 0 radical (unpaired) electrons. The Bertz CT molecular complexity index is 433. The molecule has 0 fully saturated rings. The number of nitrogens with zero attached hydrogens (tertiary/aromatic N) is 4. The first-order chi connectivity index (χ1) is 7.38. The van der Waals surface area contributed by atoms with Crippen LogP contribution >= 0.6 is 0 Å². The van der Waals surface area contributed by atoms with Crippen molar-refractivity contribution in [3.63, 3.8) is 0 Å². The number of methoxy groups -OCH3 is 1. The number of hydrogen-bond donors (Lipinski definition) is 0. The number of hydrogen-bond acceptors (Lipinski definition) is 4. The molecule has 0 N–H and O–H groups in total. The second-order valence-electron chi connectivity index (χ2n) is 2.83. The molecule has 2 rings (SSSR count). The third-order valence-electron chi connectivity index (χ3n) is 1.85. The van der Waals surface area contributed by atoms with Gasteiger partial charge < -0.3 is 4.74 Å². The van der Waals surface area contributed by atoms with E-state index in [1.54, 1.807) is 13.3 Å². The fourth-order valence-electron chi connectivity index (χ4n) is 1.08. The van der Waals surface area contributed by atoms with E-state index in [0.717, 1.165) is 11.3 Å². The maximum Gasteiger partial charge on any atom is 0.139 e. The quantitative estimate of drug-likeness (QED) is 0.702. The molecule has 1 aromatic heterocycles. The Hall–Kier alpha value is -2.17. The maximum absolute atomic E-state index is 5.05. The highest BCUT2D eigenvalue weighted by Gasteiger charge is 1.90. The Kier molecular flexibility index (Phi) is 2.73. The molecule has 0 unspecified atom stereocenters. The number of rotatable bonds is 3. The number of benzene rings is 1. The van der Waals surface area contributed by atoms with E-state index in [1.807, 2.05) is 24.3 Å². The summed E-state index contributed by atoms with van der Waals surface area (Å²) < 4.78 is 5.05. The van der Waals surface area contributed by atoms with Gasteiger partial charge in [0, 0.05) is 0 Å². The smallest absolute Gasteiger partial charge is 0.139 e. The first-order valence-electron chi connectivity index (χ1n) is 4.41. The fourth-order valence-corrected chi connectivity index (χ4v) is 1.08. The monoisotopic (exact) mass is 202 g/mol. The van der Waals surface area contributed by atoms with Crippen LogP contribution < -0.4 is 4.74 Å². The average Bonchev–Trinajstić information content (AvgIpc) is 2.80. The molecular formula is C10H10N4O. The zero-order valence-corrected chi connectivity index (χ0v) is 8.24. The summed E-state index contributed by atoms with van der Waals surface area (Å²) >= 11 is 0. The molecule has 0 saturated heterocycles. The van der Waals surface area contributed by atoms with E-state index < -0.39 is 0 Å². The lowest BCUT2D eigenvalue weighted by Crippen LogP contribution is -1.90. The predicted octanol–water partition coefficient (Wildman–Crippen LogP) is 1.17. The second kappa shape index (κ2) is 4.36. The summed E-state index contributed by atoms with van der Waals surface area (Å²) in [5.41, 5.74) is 0.978. The topological polar surface area (TPSA) is 52.3 Å². The Morgan fingerprint density at radius 2 is 2.13 bits per heavy atom. The summed E-state index contributed by atoms with van der Waals surface area (Å²) in [6, 6.07) is 7.59. The lowest BCUT2D eigenvalue weighted by molar-refractivity contribution is 0.415. The highest BCUT2D eigenvalue weighted by molar-refractivity contribution is 5.79. The van der Waals surface area contributed by atoms with E-state index in [0.29, 0.717) is 0 Å². The van der Waals surface area contributed by atoms with Gasteiger partial charge in [-0.25, -0.2) is 4.98 Å². The molecule has 0 atom stereocenters. The van der Waals surface area contributed by atoms with Gasteiger partial charge in [-0.15, -0.1) is 9.89 Å². The summed E-state index contributed by atoms with van der Waals surface area (Å²) in [6.45, 7) is 0. The van der Waals surface area contributed by atoms with Crippen LogP contribution in [0.4, 0.5) is 0 Å². The normalized spacial score (nSPS) is 10.7. The van der Waals surface area contributed by atoms with Crippen LogP contribution in [0.1, 0.15) is 5.56 Å².